The van der Waals surface area contributed by atoms with Gasteiger partial charge < -0.3 is 9.88 Å². The van der Waals surface area contributed by atoms with E-state index >= 15 is 0 Å². The molecule has 5 rings (SSSR count). The Labute approximate surface area is 172 Å². The standard InChI is InChI=1S/C22H19N5O3/c28-19-12-27(22(30)25-19)16-8-6-15(7-9-16)21(29)26-10-17(14-4-2-1-3-5-14)20-18(11-26)23-13-24-20/h1-9,13,17H,10-12H2,(H,23,24)(H,25,28,30). The van der Waals surface area contributed by atoms with Crippen LogP contribution in [0.3, 0.4) is 0 Å². The van der Waals surface area contributed by atoms with Crippen LogP contribution in [0.2, 0.25) is 0 Å². The number of aromatic amines is 1. The summed E-state index contributed by atoms with van der Waals surface area (Å²) in [5, 5.41) is 2.25. The summed E-state index contributed by atoms with van der Waals surface area (Å²) in [6.45, 7) is 0.980. The molecule has 8 heteroatoms. The number of H-pyrrole nitrogens is 1. The Balaban J connectivity index is 1.39. The molecule has 1 unspecified atom stereocenters. The molecule has 150 valence electrons. The van der Waals surface area contributed by atoms with Gasteiger partial charge in [0.15, 0.2) is 0 Å². The van der Waals surface area contributed by atoms with E-state index in [0.29, 0.717) is 24.3 Å². The molecule has 3 heterocycles. The second-order valence-electron chi connectivity index (χ2n) is 7.40. The highest BCUT2D eigenvalue weighted by atomic mass is 16.2. The van der Waals surface area contributed by atoms with Crippen molar-refractivity contribution in [1.82, 2.24) is 20.2 Å². The Hall–Kier alpha value is -3.94. The molecule has 2 aliphatic heterocycles. The maximum Gasteiger partial charge on any atom is 0.329 e. The molecule has 0 radical (unpaired) electrons. The number of carbonyl (C=O) groups excluding carboxylic acids is 3. The lowest BCUT2D eigenvalue weighted by atomic mass is 9.90. The van der Waals surface area contributed by atoms with E-state index in [1.807, 2.05) is 30.3 Å². The molecule has 2 aliphatic rings. The van der Waals surface area contributed by atoms with Gasteiger partial charge in [-0.3, -0.25) is 19.8 Å². The molecule has 0 aliphatic carbocycles. The third-order valence-electron chi connectivity index (χ3n) is 5.54. The zero-order valence-electron chi connectivity index (χ0n) is 16.0. The summed E-state index contributed by atoms with van der Waals surface area (Å²) in [6.07, 6.45) is 1.67. The Morgan fingerprint density at radius 3 is 2.47 bits per heavy atom. The summed E-state index contributed by atoms with van der Waals surface area (Å²) in [6, 6.07) is 16.3. The molecule has 2 aromatic carbocycles. The minimum Gasteiger partial charge on any atom is -0.347 e. The first-order valence-electron chi connectivity index (χ1n) is 9.68. The van der Waals surface area contributed by atoms with Crippen molar-refractivity contribution < 1.29 is 14.4 Å². The average Bonchev–Trinajstić information content (AvgIpc) is 3.39. The number of imide groups is 1. The maximum atomic E-state index is 13.2. The monoisotopic (exact) mass is 401 g/mol. The van der Waals surface area contributed by atoms with Crippen LogP contribution < -0.4 is 10.2 Å². The number of carbonyl (C=O) groups is 3. The van der Waals surface area contributed by atoms with Crippen LogP contribution in [0.4, 0.5) is 10.5 Å². The highest BCUT2D eigenvalue weighted by Crippen LogP contribution is 2.32. The predicted octanol–water partition coefficient (Wildman–Crippen LogP) is 2.25. The van der Waals surface area contributed by atoms with Crippen LogP contribution in [0, 0.1) is 0 Å². The molecule has 2 N–H and O–H groups in total. The van der Waals surface area contributed by atoms with Crippen molar-refractivity contribution in [2.24, 2.45) is 0 Å². The molecule has 1 fully saturated rings. The molecule has 1 saturated heterocycles. The molecule has 3 aromatic rings. The number of hydrogen-bond donors (Lipinski definition) is 2. The summed E-state index contributed by atoms with van der Waals surface area (Å²) in [5.74, 6) is -0.427. The predicted molar refractivity (Wildman–Crippen MR) is 109 cm³/mol. The summed E-state index contributed by atoms with van der Waals surface area (Å²) < 4.78 is 0. The summed E-state index contributed by atoms with van der Waals surface area (Å²) >= 11 is 0. The van der Waals surface area contributed by atoms with Gasteiger partial charge in [0, 0.05) is 23.7 Å². The van der Waals surface area contributed by atoms with E-state index in [4.69, 9.17) is 0 Å². The van der Waals surface area contributed by atoms with Crippen LogP contribution in [0.25, 0.3) is 0 Å². The highest BCUT2D eigenvalue weighted by molar-refractivity contribution is 6.12. The normalized spacial score (nSPS) is 18.3. The molecule has 4 amide bonds. The van der Waals surface area contributed by atoms with E-state index in [1.54, 1.807) is 35.5 Å². The van der Waals surface area contributed by atoms with Crippen molar-refractivity contribution in [2.45, 2.75) is 12.5 Å². The smallest absolute Gasteiger partial charge is 0.329 e. The lowest BCUT2D eigenvalue weighted by Crippen LogP contribution is -2.38. The van der Waals surface area contributed by atoms with E-state index in [1.165, 1.54) is 4.90 Å². The number of amides is 4. The molecular weight excluding hydrogens is 382 g/mol. The number of fused-ring (bicyclic) bond motifs is 1. The Morgan fingerprint density at radius 1 is 1.00 bits per heavy atom. The van der Waals surface area contributed by atoms with Gasteiger partial charge in [-0.25, -0.2) is 9.78 Å². The van der Waals surface area contributed by atoms with Gasteiger partial charge in [-0.05, 0) is 29.8 Å². The number of anilines is 1. The summed E-state index contributed by atoms with van der Waals surface area (Å²) in [5.41, 5.74) is 4.13. The average molecular weight is 401 g/mol. The van der Waals surface area contributed by atoms with Gasteiger partial charge in [0.25, 0.3) is 5.91 Å². The first-order chi connectivity index (χ1) is 14.6. The summed E-state index contributed by atoms with van der Waals surface area (Å²) in [7, 11) is 0. The van der Waals surface area contributed by atoms with Gasteiger partial charge in [0.2, 0.25) is 5.91 Å². The minimum absolute atomic E-state index is 0.00346. The number of nitrogens with zero attached hydrogens (tertiary/aromatic N) is 3. The second kappa shape index (κ2) is 7.14. The second-order valence-corrected chi connectivity index (χ2v) is 7.40. The zero-order valence-corrected chi connectivity index (χ0v) is 16.0. The largest absolute Gasteiger partial charge is 0.347 e. The van der Waals surface area contributed by atoms with Crippen molar-refractivity contribution >= 4 is 23.5 Å². The first kappa shape index (κ1) is 18.1. The number of aromatic nitrogens is 2. The van der Waals surface area contributed by atoms with Crippen molar-refractivity contribution in [3.8, 4) is 0 Å². The number of hydrogen-bond acceptors (Lipinski definition) is 4. The Kier molecular flexibility index (Phi) is 4.31. The van der Waals surface area contributed by atoms with Crippen molar-refractivity contribution in [2.75, 3.05) is 18.0 Å². The molecule has 0 saturated carbocycles. The number of rotatable bonds is 3. The highest BCUT2D eigenvalue weighted by Gasteiger charge is 2.32. The maximum absolute atomic E-state index is 13.2. The minimum atomic E-state index is -0.451. The van der Waals surface area contributed by atoms with Gasteiger partial charge in [-0.2, -0.15) is 0 Å². The van der Waals surface area contributed by atoms with Crippen LogP contribution in [0.5, 0.6) is 0 Å². The molecular formula is C22H19N5O3. The van der Waals surface area contributed by atoms with Crippen molar-refractivity contribution in [3.63, 3.8) is 0 Å². The topological polar surface area (TPSA) is 98.4 Å². The van der Waals surface area contributed by atoms with Gasteiger partial charge in [0.1, 0.15) is 6.54 Å². The first-order valence-corrected chi connectivity index (χ1v) is 9.68. The van der Waals surface area contributed by atoms with E-state index in [-0.39, 0.29) is 24.3 Å². The van der Waals surface area contributed by atoms with Crippen LogP contribution in [0.1, 0.15) is 33.2 Å². The fourth-order valence-electron chi connectivity index (χ4n) is 4.04. The van der Waals surface area contributed by atoms with Crippen LogP contribution in [0.15, 0.2) is 60.9 Å². The van der Waals surface area contributed by atoms with Crippen LogP contribution >= 0.6 is 0 Å². The van der Waals surface area contributed by atoms with E-state index in [9.17, 15) is 14.4 Å². The van der Waals surface area contributed by atoms with E-state index in [0.717, 1.165) is 17.0 Å². The van der Waals surface area contributed by atoms with Gasteiger partial charge >= 0.3 is 6.03 Å². The molecule has 30 heavy (non-hydrogen) atoms. The Morgan fingerprint density at radius 2 is 1.77 bits per heavy atom. The van der Waals surface area contributed by atoms with Gasteiger partial charge in [-0.15, -0.1) is 0 Å². The quantitative estimate of drug-likeness (QED) is 0.658. The third-order valence-corrected chi connectivity index (χ3v) is 5.54. The number of nitrogens with one attached hydrogen (secondary N) is 2. The lowest BCUT2D eigenvalue weighted by Gasteiger charge is -2.32. The Bertz CT molecular complexity index is 1120. The fourth-order valence-corrected chi connectivity index (χ4v) is 4.04. The molecule has 0 bridgehead atoms. The van der Waals surface area contributed by atoms with Gasteiger partial charge in [-0.1, -0.05) is 30.3 Å². The van der Waals surface area contributed by atoms with Crippen molar-refractivity contribution in [3.05, 3.63) is 83.4 Å². The van der Waals surface area contributed by atoms with E-state index in [2.05, 4.69) is 15.3 Å². The SMILES string of the molecule is O=C1CN(c2ccc(C(=O)N3Cc4[nH]cnc4C(c4ccccc4)C3)cc2)C(=O)N1. The lowest BCUT2D eigenvalue weighted by molar-refractivity contribution is -0.117. The molecule has 1 atom stereocenters. The summed E-state index contributed by atoms with van der Waals surface area (Å²) in [4.78, 5) is 47.2. The third kappa shape index (κ3) is 3.12. The van der Waals surface area contributed by atoms with Crippen LogP contribution in [-0.4, -0.2) is 45.8 Å². The zero-order chi connectivity index (χ0) is 20.7. The number of benzene rings is 2. The molecule has 8 nitrogen and oxygen atoms in total. The number of urea groups is 1. The van der Waals surface area contributed by atoms with Crippen LogP contribution in [-0.2, 0) is 11.3 Å². The van der Waals surface area contributed by atoms with Gasteiger partial charge in [0.05, 0.1) is 24.3 Å². The molecule has 0 spiro atoms. The fraction of sp³-hybridized carbons (Fsp3) is 0.182. The van der Waals surface area contributed by atoms with E-state index < -0.39 is 6.03 Å². The number of imidazole rings is 1. The van der Waals surface area contributed by atoms with Crippen molar-refractivity contribution in [1.29, 1.82) is 0 Å². The molecule has 1 aromatic heterocycles.